The van der Waals surface area contributed by atoms with E-state index >= 15 is 0 Å². The first kappa shape index (κ1) is 20.6. The molecule has 1 aliphatic heterocycles. The van der Waals surface area contributed by atoms with E-state index in [9.17, 15) is 9.90 Å². The van der Waals surface area contributed by atoms with E-state index < -0.39 is 5.97 Å². The van der Waals surface area contributed by atoms with Gasteiger partial charge in [-0.2, -0.15) is 0 Å². The zero-order valence-corrected chi connectivity index (χ0v) is 16.9. The van der Waals surface area contributed by atoms with Gasteiger partial charge in [-0.15, -0.1) is 0 Å². The molecule has 28 heavy (non-hydrogen) atoms. The Morgan fingerprint density at radius 2 is 1.61 bits per heavy atom. The summed E-state index contributed by atoms with van der Waals surface area (Å²) in [4.78, 5) is 13.6. The highest BCUT2D eigenvalue weighted by Crippen LogP contribution is 2.25. The summed E-state index contributed by atoms with van der Waals surface area (Å²) in [6.07, 6.45) is 1.83. The van der Waals surface area contributed by atoms with Gasteiger partial charge in [-0.3, -0.25) is 9.69 Å². The summed E-state index contributed by atoms with van der Waals surface area (Å²) < 4.78 is 6.01. The minimum Gasteiger partial charge on any atom is -0.481 e. The number of carbonyl (C=O) groups is 1. The molecule has 1 atom stereocenters. The molecule has 1 unspecified atom stereocenters. The first-order valence-electron chi connectivity index (χ1n) is 10.1. The van der Waals surface area contributed by atoms with Crippen molar-refractivity contribution in [1.29, 1.82) is 0 Å². The third-order valence-corrected chi connectivity index (χ3v) is 5.21. The van der Waals surface area contributed by atoms with Crippen molar-refractivity contribution in [3.63, 3.8) is 0 Å². The molecule has 4 nitrogen and oxygen atoms in total. The van der Waals surface area contributed by atoms with E-state index in [-0.39, 0.29) is 18.1 Å². The number of morpholine rings is 1. The van der Waals surface area contributed by atoms with Crippen LogP contribution in [0.15, 0.2) is 60.7 Å². The van der Waals surface area contributed by atoms with Gasteiger partial charge in [0.2, 0.25) is 0 Å². The molecule has 1 aliphatic rings. The van der Waals surface area contributed by atoms with Crippen LogP contribution < -0.4 is 0 Å². The first-order valence-corrected chi connectivity index (χ1v) is 10.1. The first-order chi connectivity index (χ1) is 13.4. The Morgan fingerprint density at radius 1 is 1.07 bits per heavy atom. The van der Waals surface area contributed by atoms with Crippen LogP contribution in [-0.4, -0.2) is 47.3 Å². The lowest BCUT2D eigenvalue weighted by molar-refractivity contribution is -0.158. The molecular weight excluding hydrogens is 350 g/mol. The predicted octanol–water partition coefficient (Wildman–Crippen LogP) is 4.04. The maximum Gasteiger partial charge on any atom is 0.306 e. The third-order valence-electron chi connectivity index (χ3n) is 5.21. The Morgan fingerprint density at radius 3 is 2.11 bits per heavy atom. The highest BCUT2D eigenvalue weighted by molar-refractivity contribution is 5.67. The van der Waals surface area contributed by atoms with Crippen LogP contribution in [0.25, 0.3) is 0 Å². The standard InChI is InChI=1S/C24H31NO3/c1-24(2)18-25(17-22(28-24)15-23(26)27)16-21(13-19-9-5-3-6-10-19)14-20-11-7-4-8-12-20/h3-12,21-22H,13-18H2,1-2H3,(H,26,27). The molecule has 1 fully saturated rings. The van der Waals surface area contributed by atoms with E-state index in [1.807, 2.05) is 0 Å². The summed E-state index contributed by atoms with van der Waals surface area (Å²) in [5, 5.41) is 9.20. The SMILES string of the molecule is CC1(C)CN(CC(Cc2ccccc2)Cc2ccccc2)CC(CC(=O)O)O1. The van der Waals surface area contributed by atoms with E-state index in [0.29, 0.717) is 12.5 Å². The van der Waals surface area contributed by atoms with Gasteiger partial charge in [0.05, 0.1) is 18.1 Å². The number of hydrogen-bond donors (Lipinski definition) is 1. The van der Waals surface area contributed by atoms with Crippen LogP contribution in [0.4, 0.5) is 0 Å². The zero-order chi connectivity index (χ0) is 20.0. The smallest absolute Gasteiger partial charge is 0.306 e. The molecule has 0 spiro atoms. The minimum absolute atomic E-state index is 0.0575. The molecular formula is C24H31NO3. The molecule has 4 heteroatoms. The van der Waals surface area contributed by atoms with Crippen LogP contribution in [0, 0.1) is 5.92 Å². The number of aliphatic carboxylic acids is 1. The highest BCUT2D eigenvalue weighted by atomic mass is 16.5. The number of nitrogens with zero attached hydrogens (tertiary/aromatic N) is 1. The van der Waals surface area contributed by atoms with E-state index in [2.05, 4.69) is 79.4 Å². The average molecular weight is 382 g/mol. The van der Waals surface area contributed by atoms with E-state index in [4.69, 9.17) is 4.74 Å². The van der Waals surface area contributed by atoms with Crippen LogP contribution in [0.2, 0.25) is 0 Å². The highest BCUT2D eigenvalue weighted by Gasteiger charge is 2.35. The van der Waals surface area contributed by atoms with Crippen LogP contribution in [0.5, 0.6) is 0 Å². The molecule has 0 bridgehead atoms. The van der Waals surface area contributed by atoms with Crippen molar-refractivity contribution in [1.82, 2.24) is 4.90 Å². The van der Waals surface area contributed by atoms with Crippen LogP contribution in [0.1, 0.15) is 31.4 Å². The molecule has 150 valence electrons. The minimum atomic E-state index is -0.798. The van der Waals surface area contributed by atoms with Crippen molar-refractivity contribution in [3.05, 3.63) is 71.8 Å². The van der Waals surface area contributed by atoms with Crippen LogP contribution in [-0.2, 0) is 22.4 Å². The van der Waals surface area contributed by atoms with Crippen molar-refractivity contribution in [3.8, 4) is 0 Å². The van der Waals surface area contributed by atoms with Crippen molar-refractivity contribution in [2.75, 3.05) is 19.6 Å². The molecule has 2 aromatic carbocycles. The van der Waals surface area contributed by atoms with Gasteiger partial charge in [-0.25, -0.2) is 0 Å². The van der Waals surface area contributed by atoms with Gasteiger partial charge in [0, 0.05) is 19.6 Å². The lowest BCUT2D eigenvalue weighted by atomic mass is 9.91. The maximum absolute atomic E-state index is 11.2. The fraction of sp³-hybridized carbons (Fsp3) is 0.458. The Hall–Kier alpha value is -2.17. The van der Waals surface area contributed by atoms with Crippen LogP contribution in [0.3, 0.4) is 0 Å². The maximum atomic E-state index is 11.2. The second-order valence-electron chi connectivity index (χ2n) is 8.54. The summed E-state index contributed by atoms with van der Waals surface area (Å²) in [6.45, 7) is 6.54. The Kier molecular flexibility index (Phi) is 6.87. The number of benzene rings is 2. The molecule has 2 aromatic rings. The van der Waals surface area contributed by atoms with Crippen molar-refractivity contribution in [2.45, 2.75) is 44.8 Å². The van der Waals surface area contributed by atoms with Gasteiger partial charge in [0.15, 0.2) is 0 Å². The largest absolute Gasteiger partial charge is 0.481 e. The summed E-state index contributed by atoms with van der Waals surface area (Å²) in [6, 6.07) is 21.2. The molecule has 0 aromatic heterocycles. The Bertz CT molecular complexity index is 703. The number of carboxylic acids is 1. The lowest BCUT2D eigenvalue weighted by Crippen LogP contribution is -2.54. The fourth-order valence-corrected chi connectivity index (χ4v) is 4.32. The van der Waals surface area contributed by atoms with Gasteiger partial charge in [-0.05, 0) is 43.7 Å². The van der Waals surface area contributed by atoms with Gasteiger partial charge in [-0.1, -0.05) is 60.7 Å². The molecule has 1 N–H and O–H groups in total. The van der Waals surface area contributed by atoms with Crippen molar-refractivity contribution >= 4 is 5.97 Å². The number of carboxylic acid groups (broad SMARTS) is 1. The van der Waals surface area contributed by atoms with Gasteiger partial charge >= 0.3 is 5.97 Å². The Labute approximate surface area is 168 Å². The molecule has 0 saturated carbocycles. The number of rotatable bonds is 8. The molecule has 0 radical (unpaired) electrons. The van der Waals surface area contributed by atoms with E-state index in [1.165, 1.54) is 11.1 Å². The van der Waals surface area contributed by atoms with Gasteiger partial charge < -0.3 is 9.84 Å². The van der Waals surface area contributed by atoms with Gasteiger partial charge in [0.1, 0.15) is 0 Å². The monoisotopic (exact) mass is 381 g/mol. The normalized spacial score (nSPS) is 19.6. The number of ether oxygens (including phenoxy) is 1. The van der Waals surface area contributed by atoms with Crippen molar-refractivity contribution in [2.24, 2.45) is 5.92 Å². The topological polar surface area (TPSA) is 49.8 Å². The van der Waals surface area contributed by atoms with E-state index in [1.54, 1.807) is 0 Å². The molecule has 0 amide bonds. The van der Waals surface area contributed by atoms with Gasteiger partial charge in [0.25, 0.3) is 0 Å². The third kappa shape index (κ3) is 6.47. The Balaban J connectivity index is 1.72. The van der Waals surface area contributed by atoms with Crippen LogP contribution >= 0.6 is 0 Å². The average Bonchev–Trinajstić information content (AvgIpc) is 2.61. The second kappa shape index (κ2) is 9.35. The second-order valence-corrected chi connectivity index (χ2v) is 8.54. The molecule has 1 heterocycles. The number of hydrogen-bond acceptors (Lipinski definition) is 3. The van der Waals surface area contributed by atoms with E-state index in [0.717, 1.165) is 25.9 Å². The zero-order valence-electron chi connectivity index (χ0n) is 16.9. The predicted molar refractivity (Wildman–Crippen MR) is 111 cm³/mol. The lowest BCUT2D eigenvalue weighted by Gasteiger charge is -2.43. The fourth-order valence-electron chi connectivity index (χ4n) is 4.32. The summed E-state index contributed by atoms with van der Waals surface area (Å²) in [7, 11) is 0. The molecule has 3 rings (SSSR count). The molecule has 1 saturated heterocycles. The quantitative estimate of drug-likeness (QED) is 0.750. The summed E-state index contributed by atoms with van der Waals surface area (Å²) in [5.41, 5.74) is 2.36. The molecule has 0 aliphatic carbocycles. The summed E-state index contributed by atoms with van der Waals surface area (Å²) >= 11 is 0. The van der Waals surface area contributed by atoms with Crippen molar-refractivity contribution < 1.29 is 14.6 Å². The summed E-state index contributed by atoms with van der Waals surface area (Å²) in [5.74, 6) is -0.336.